The zero-order valence-electron chi connectivity index (χ0n) is 16.9. The van der Waals surface area contributed by atoms with Crippen molar-refractivity contribution < 1.29 is 4.79 Å². The fourth-order valence-electron chi connectivity index (χ4n) is 3.32. The summed E-state index contributed by atoms with van der Waals surface area (Å²) in [5, 5.41) is 3.04. The molecule has 0 aliphatic rings. The van der Waals surface area contributed by atoms with Crippen molar-refractivity contribution in [1.82, 2.24) is 0 Å². The molecule has 3 nitrogen and oxygen atoms in total. The predicted octanol–water partition coefficient (Wildman–Crippen LogP) is 6.90. The lowest BCUT2D eigenvalue weighted by Gasteiger charge is -2.28. The van der Waals surface area contributed by atoms with Crippen molar-refractivity contribution in [2.75, 3.05) is 10.2 Å². The van der Waals surface area contributed by atoms with Gasteiger partial charge in [-0.3, -0.25) is 4.79 Å². The molecule has 0 saturated heterocycles. The molecule has 0 aliphatic heterocycles. The first-order valence-electron chi connectivity index (χ1n) is 9.91. The molecule has 0 atom stereocenters. The Bertz CT molecular complexity index is 903. The first kappa shape index (κ1) is 19.7. The van der Waals surface area contributed by atoms with Crippen LogP contribution in [0.4, 0.5) is 22.7 Å². The number of anilines is 4. The lowest BCUT2D eigenvalue weighted by Crippen LogP contribution is -2.14. The second kappa shape index (κ2) is 9.23. The summed E-state index contributed by atoms with van der Waals surface area (Å²) in [6.07, 6.45) is 2.48. The highest BCUT2D eigenvalue weighted by Gasteiger charge is 2.16. The van der Waals surface area contributed by atoms with Crippen LogP contribution >= 0.6 is 0 Å². The number of amides is 1. The van der Waals surface area contributed by atoms with Crippen LogP contribution in [-0.2, 0) is 4.79 Å². The summed E-state index contributed by atoms with van der Waals surface area (Å²) in [4.78, 5) is 14.4. The van der Waals surface area contributed by atoms with Gasteiger partial charge < -0.3 is 10.2 Å². The number of hydrogen-bond donors (Lipinski definition) is 1. The minimum absolute atomic E-state index is 0.0670. The fourth-order valence-corrected chi connectivity index (χ4v) is 3.32. The normalized spacial score (nSPS) is 10.5. The van der Waals surface area contributed by atoms with Gasteiger partial charge in [0.1, 0.15) is 0 Å². The van der Waals surface area contributed by atoms with E-state index in [1.54, 1.807) is 0 Å². The van der Waals surface area contributed by atoms with E-state index in [2.05, 4.69) is 85.6 Å². The predicted molar refractivity (Wildman–Crippen MR) is 119 cm³/mol. The van der Waals surface area contributed by atoms with Gasteiger partial charge >= 0.3 is 0 Å². The number of rotatable bonds is 7. The van der Waals surface area contributed by atoms with Crippen LogP contribution in [-0.4, -0.2) is 5.91 Å². The molecule has 0 aromatic heterocycles. The molecular weight excluding hydrogens is 344 g/mol. The smallest absolute Gasteiger partial charge is 0.224 e. The lowest BCUT2D eigenvalue weighted by atomic mass is 10.1. The summed E-state index contributed by atoms with van der Waals surface area (Å²) >= 11 is 0. The molecule has 0 bridgehead atoms. The maximum Gasteiger partial charge on any atom is 0.224 e. The number of carbonyl (C=O) groups is 1. The molecule has 0 unspecified atom stereocenters. The molecule has 0 heterocycles. The molecule has 0 aliphatic carbocycles. The Morgan fingerprint density at radius 1 is 0.857 bits per heavy atom. The van der Waals surface area contributed by atoms with Crippen LogP contribution < -0.4 is 10.2 Å². The Morgan fingerprint density at radius 2 is 1.46 bits per heavy atom. The Labute approximate surface area is 168 Å². The highest BCUT2D eigenvalue weighted by atomic mass is 16.1. The first-order chi connectivity index (χ1) is 13.6. The summed E-state index contributed by atoms with van der Waals surface area (Å²) in [7, 11) is 0. The lowest BCUT2D eigenvalue weighted by molar-refractivity contribution is -0.116. The first-order valence-corrected chi connectivity index (χ1v) is 9.91. The van der Waals surface area contributed by atoms with Crippen molar-refractivity contribution in [3.63, 3.8) is 0 Å². The second-order valence-corrected chi connectivity index (χ2v) is 7.11. The highest BCUT2D eigenvalue weighted by molar-refractivity contribution is 5.92. The fraction of sp³-hybridized carbons (Fsp3) is 0.240. The maximum absolute atomic E-state index is 12.2. The van der Waals surface area contributed by atoms with Crippen molar-refractivity contribution in [3.05, 3.63) is 83.9 Å². The van der Waals surface area contributed by atoms with Crippen molar-refractivity contribution >= 4 is 28.7 Å². The molecule has 3 aromatic carbocycles. The number of aryl methyl sites for hydroxylation is 2. The summed E-state index contributed by atoms with van der Waals surface area (Å²) in [6, 6.07) is 24.8. The van der Waals surface area contributed by atoms with Gasteiger partial charge in [0.05, 0.1) is 0 Å². The van der Waals surface area contributed by atoms with E-state index in [9.17, 15) is 4.79 Å². The van der Waals surface area contributed by atoms with Crippen LogP contribution in [0.15, 0.2) is 72.8 Å². The van der Waals surface area contributed by atoms with Crippen LogP contribution in [0.25, 0.3) is 0 Å². The molecule has 3 rings (SSSR count). The summed E-state index contributed by atoms with van der Waals surface area (Å²) < 4.78 is 0. The molecule has 144 valence electrons. The standard InChI is InChI=1S/C25H28N2O/c1-4-5-17-25(28)26-21-13-10-14-22(18-21)27(23-15-8-6-11-19(23)2)24-16-9-7-12-20(24)3/h6-16,18H,4-5,17H2,1-3H3,(H,26,28). The van der Waals surface area contributed by atoms with E-state index in [1.807, 2.05) is 18.2 Å². The van der Waals surface area contributed by atoms with Gasteiger partial charge in [-0.15, -0.1) is 0 Å². The minimum atomic E-state index is 0.0670. The summed E-state index contributed by atoms with van der Waals surface area (Å²) in [5.41, 5.74) is 6.51. The number of nitrogens with zero attached hydrogens (tertiary/aromatic N) is 1. The van der Waals surface area contributed by atoms with E-state index >= 15 is 0 Å². The molecule has 1 amide bonds. The molecule has 3 aromatic rings. The number of unbranched alkanes of at least 4 members (excludes halogenated alkanes) is 1. The van der Waals surface area contributed by atoms with E-state index in [0.717, 1.165) is 35.6 Å². The van der Waals surface area contributed by atoms with Crippen molar-refractivity contribution in [3.8, 4) is 0 Å². The van der Waals surface area contributed by atoms with Gasteiger partial charge in [-0.1, -0.05) is 55.8 Å². The van der Waals surface area contributed by atoms with Gasteiger partial charge in [-0.05, 0) is 61.7 Å². The highest BCUT2D eigenvalue weighted by Crippen LogP contribution is 2.38. The topological polar surface area (TPSA) is 32.3 Å². The average Bonchev–Trinajstić information content (AvgIpc) is 2.70. The molecule has 0 spiro atoms. The number of nitrogens with one attached hydrogen (secondary N) is 1. The second-order valence-electron chi connectivity index (χ2n) is 7.11. The van der Waals surface area contributed by atoms with Crippen LogP contribution in [0.3, 0.4) is 0 Å². The number of hydrogen-bond acceptors (Lipinski definition) is 2. The molecule has 28 heavy (non-hydrogen) atoms. The van der Waals surface area contributed by atoms with Gasteiger partial charge in [0.25, 0.3) is 0 Å². The Balaban J connectivity index is 2.02. The van der Waals surface area contributed by atoms with E-state index in [-0.39, 0.29) is 5.91 Å². The Hall–Kier alpha value is -3.07. The molecule has 0 saturated carbocycles. The third kappa shape index (κ3) is 4.61. The van der Waals surface area contributed by atoms with E-state index in [0.29, 0.717) is 6.42 Å². The molecule has 1 N–H and O–H groups in total. The number of para-hydroxylation sites is 2. The Morgan fingerprint density at radius 3 is 2.04 bits per heavy atom. The monoisotopic (exact) mass is 372 g/mol. The van der Waals surface area contributed by atoms with Crippen LogP contribution in [0, 0.1) is 13.8 Å². The third-order valence-corrected chi connectivity index (χ3v) is 4.86. The van der Waals surface area contributed by atoms with Gasteiger partial charge in [-0.25, -0.2) is 0 Å². The van der Waals surface area contributed by atoms with Gasteiger partial charge in [0.15, 0.2) is 0 Å². The maximum atomic E-state index is 12.2. The zero-order valence-corrected chi connectivity index (χ0v) is 16.9. The van der Waals surface area contributed by atoms with Crippen LogP contribution in [0.5, 0.6) is 0 Å². The molecule has 0 fully saturated rings. The minimum Gasteiger partial charge on any atom is -0.326 e. The van der Waals surface area contributed by atoms with E-state index in [4.69, 9.17) is 0 Å². The SMILES string of the molecule is CCCCC(=O)Nc1cccc(N(c2ccccc2C)c2ccccc2C)c1. The van der Waals surface area contributed by atoms with Gasteiger partial charge in [-0.2, -0.15) is 0 Å². The van der Waals surface area contributed by atoms with Crippen molar-refractivity contribution in [1.29, 1.82) is 0 Å². The van der Waals surface area contributed by atoms with Crippen LogP contribution in [0.1, 0.15) is 37.3 Å². The van der Waals surface area contributed by atoms with Gasteiger partial charge in [0, 0.05) is 29.2 Å². The molecule has 0 radical (unpaired) electrons. The van der Waals surface area contributed by atoms with Crippen molar-refractivity contribution in [2.24, 2.45) is 0 Å². The number of carbonyl (C=O) groups excluding carboxylic acids is 1. The van der Waals surface area contributed by atoms with E-state index < -0.39 is 0 Å². The third-order valence-electron chi connectivity index (χ3n) is 4.86. The van der Waals surface area contributed by atoms with Gasteiger partial charge in [0.2, 0.25) is 5.91 Å². The van der Waals surface area contributed by atoms with Crippen LogP contribution in [0.2, 0.25) is 0 Å². The molecular formula is C25H28N2O. The Kier molecular flexibility index (Phi) is 6.49. The largest absolute Gasteiger partial charge is 0.326 e. The van der Waals surface area contributed by atoms with E-state index in [1.165, 1.54) is 11.1 Å². The quantitative estimate of drug-likeness (QED) is 0.489. The zero-order chi connectivity index (χ0) is 19.9. The van der Waals surface area contributed by atoms with Crippen molar-refractivity contribution in [2.45, 2.75) is 40.0 Å². The number of benzene rings is 3. The summed E-state index contributed by atoms with van der Waals surface area (Å²) in [6.45, 7) is 6.34. The average molecular weight is 373 g/mol. The summed E-state index contributed by atoms with van der Waals surface area (Å²) in [5.74, 6) is 0.0670. The molecule has 3 heteroatoms.